The lowest BCUT2D eigenvalue weighted by Gasteiger charge is -2.02. The maximum atomic E-state index is 5.15. The van der Waals surface area contributed by atoms with Gasteiger partial charge in [-0.15, -0.1) is 6.42 Å². The van der Waals surface area contributed by atoms with E-state index in [4.69, 9.17) is 15.9 Å². The first-order valence-electron chi connectivity index (χ1n) is 3.02. The van der Waals surface area contributed by atoms with Crippen molar-refractivity contribution in [2.75, 3.05) is 13.2 Å². The van der Waals surface area contributed by atoms with Gasteiger partial charge in [-0.25, -0.2) is 0 Å². The number of hydrogen-bond donors (Lipinski definition) is 0. The highest BCUT2D eigenvalue weighted by Gasteiger charge is 2.22. The zero-order valence-electron chi connectivity index (χ0n) is 5.46. The average Bonchev–Trinajstić information content (AvgIpc) is 2.65. The molecule has 0 aromatic heterocycles. The second-order valence-electron chi connectivity index (χ2n) is 2.10. The summed E-state index contributed by atoms with van der Waals surface area (Å²) in [5.41, 5.74) is 0. The number of epoxide rings is 1. The van der Waals surface area contributed by atoms with Gasteiger partial charge < -0.3 is 9.47 Å². The summed E-state index contributed by atoms with van der Waals surface area (Å²) in [5, 5.41) is 0. The maximum absolute atomic E-state index is 5.15. The van der Waals surface area contributed by atoms with E-state index in [1.807, 2.05) is 6.92 Å². The highest BCUT2D eigenvalue weighted by Crippen LogP contribution is 2.09. The minimum atomic E-state index is -0.0748. The van der Waals surface area contributed by atoms with Crippen LogP contribution >= 0.6 is 0 Å². The summed E-state index contributed by atoms with van der Waals surface area (Å²) >= 11 is 0. The molecule has 0 unspecified atom stereocenters. The molecule has 0 aromatic carbocycles. The molecule has 1 heterocycles. The molecule has 0 aromatic rings. The molecule has 1 aliphatic rings. The van der Waals surface area contributed by atoms with E-state index in [1.54, 1.807) is 0 Å². The second kappa shape index (κ2) is 2.86. The fraction of sp³-hybridized carbons (Fsp3) is 0.714. The van der Waals surface area contributed by atoms with E-state index in [1.165, 1.54) is 0 Å². The van der Waals surface area contributed by atoms with Crippen molar-refractivity contribution >= 4 is 0 Å². The molecule has 1 fully saturated rings. The quantitative estimate of drug-likeness (QED) is 0.404. The molecule has 1 rings (SSSR count). The van der Waals surface area contributed by atoms with Crippen LogP contribution in [0.3, 0.4) is 0 Å². The van der Waals surface area contributed by atoms with Crippen molar-refractivity contribution in [1.29, 1.82) is 0 Å². The van der Waals surface area contributed by atoms with E-state index in [2.05, 4.69) is 5.92 Å². The molecular formula is C7H10O2. The average molecular weight is 126 g/mol. The zero-order valence-corrected chi connectivity index (χ0v) is 5.46. The van der Waals surface area contributed by atoms with Crippen molar-refractivity contribution in [2.24, 2.45) is 0 Å². The number of rotatable bonds is 3. The van der Waals surface area contributed by atoms with E-state index < -0.39 is 0 Å². The fourth-order valence-electron chi connectivity index (χ4n) is 0.464. The van der Waals surface area contributed by atoms with Crippen LogP contribution in [0.15, 0.2) is 0 Å². The van der Waals surface area contributed by atoms with Crippen LogP contribution in [0.5, 0.6) is 0 Å². The Kier molecular flexibility index (Phi) is 2.10. The Morgan fingerprint density at radius 2 is 2.67 bits per heavy atom. The van der Waals surface area contributed by atoms with Crippen molar-refractivity contribution in [2.45, 2.75) is 19.1 Å². The van der Waals surface area contributed by atoms with Crippen LogP contribution in [0.1, 0.15) is 6.92 Å². The SMILES string of the molecule is C#C[C@H](C)OC[C@@H]1CO1. The minimum Gasteiger partial charge on any atom is -0.371 e. The molecule has 0 radical (unpaired) electrons. The van der Waals surface area contributed by atoms with E-state index in [0.717, 1.165) is 6.61 Å². The van der Waals surface area contributed by atoms with Crippen LogP contribution < -0.4 is 0 Å². The molecule has 2 atom stereocenters. The molecule has 1 saturated heterocycles. The molecule has 2 nitrogen and oxygen atoms in total. The lowest BCUT2D eigenvalue weighted by atomic mass is 10.4. The summed E-state index contributed by atoms with van der Waals surface area (Å²) in [6, 6.07) is 0. The first-order chi connectivity index (χ1) is 4.33. The zero-order chi connectivity index (χ0) is 6.69. The van der Waals surface area contributed by atoms with Gasteiger partial charge in [0.1, 0.15) is 12.2 Å². The van der Waals surface area contributed by atoms with Crippen molar-refractivity contribution in [3.05, 3.63) is 0 Å². The Hall–Kier alpha value is -0.520. The van der Waals surface area contributed by atoms with Gasteiger partial charge in [0, 0.05) is 0 Å². The van der Waals surface area contributed by atoms with Crippen LogP contribution in [0.25, 0.3) is 0 Å². The van der Waals surface area contributed by atoms with E-state index >= 15 is 0 Å². The van der Waals surface area contributed by atoms with Crippen LogP contribution in [-0.4, -0.2) is 25.4 Å². The van der Waals surface area contributed by atoms with Crippen LogP contribution in [0, 0.1) is 12.3 Å². The Morgan fingerprint density at radius 1 is 2.00 bits per heavy atom. The topological polar surface area (TPSA) is 21.8 Å². The summed E-state index contributed by atoms with van der Waals surface area (Å²) in [5.74, 6) is 2.47. The van der Waals surface area contributed by atoms with Crippen LogP contribution in [0.2, 0.25) is 0 Å². The van der Waals surface area contributed by atoms with Crippen molar-refractivity contribution in [1.82, 2.24) is 0 Å². The van der Waals surface area contributed by atoms with Gasteiger partial charge in [-0.3, -0.25) is 0 Å². The molecule has 0 N–H and O–H groups in total. The molecule has 0 spiro atoms. The molecule has 2 heteroatoms. The fourth-order valence-corrected chi connectivity index (χ4v) is 0.464. The third-order valence-corrected chi connectivity index (χ3v) is 1.17. The molecular weight excluding hydrogens is 116 g/mol. The predicted octanol–water partition coefficient (Wildman–Crippen LogP) is 0.423. The lowest BCUT2D eigenvalue weighted by molar-refractivity contribution is 0.0888. The Morgan fingerprint density at radius 3 is 3.11 bits per heavy atom. The van der Waals surface area contributed by atoms with Gasteiger partial charge in [0.05, 0.1) is 13.2 Å². The summed E-state index contributed by atoms with van der Waals surface area (Å²) in [4.78, 5) is 0. The van der Waals surface area contributed by atoms with Gasteiger partial charge in [0.25, 0.3) is 0 Å². The molecule has 0 amide bonds. The van der Waals surface area contributed by atoms with Gasteiger partial charge in [-0.1, -0.05) is 5.92 Å². The standard InChI is InChI=1S/C7H10O2/c1-3-6(2)8-4-7-5-9-7/h1,6-7H,4-5H2,2H3/t6-,7+/m0/s1. The van der Waals surface area contributed by atoms with Gasteiger partial charge >= 0.3 is 0 Å². The molecule has 1 aliphatic heterocycles. The van der Waals surface area contributed by atoms with Crippen LogP contribution in [0.4, 0.5) is 0 Å². The first-order valence-corrected chi connectivity index (χ1v) is 3.02. The summed E-state index contributed by atoms with van der Waals surface area (Å²) in [6.07, 6.45) is 5.31. The van der Waals surface area contributed by atoms with Gasteiger partial charge in [0.2, 0.25) is 0 Å². The smallest absolute Gasteiger partial charge is 0.115 e. The largest absolute Gasteiger partial charge is 0.371 e. The van der Waals surface area contributed by atoms with Crippen LogP contribution in [-0.2, 0) is 9.47 Å². The monoisotopic (exact) mass is 126 g/mol. The Balaban J connectivity index is 1.97. The normalized spacial score (nSPS) is 26.9. The highest BCUT2D eigenvalue weighted by atomic mass is 16.6. The maximum Gasteiger partial charge on any atom is 0.115 e. The molecule has 9 heavy (non-hydrogen) atoms. The Bertz CT molecular complexity index is 121. The first kappa shape index (κ1) is 6.60. The Labute approximate surface area is 55.1 Å². The minimum absolute atomic E-state index is 0.0748. The van der Waals surface area contributed by atoms with E-state index in [0.29, 0.717) is 12.7 Å². The van der Waals surface area contributed by atoms with Crippen molar-refractivity contribution in [3.8, 4) is 12.3 Å². The van der Waals surface area contributed by atoms with Gasteiger partial charge in [-0.05, 0) is 6.92 Å². The molecule has 0 bridgehead atoms. The second-order valence-corrected chi connectivity index (χ2v) is 2.10. The van der Waals surface area contributed by atoms with Crippen molar-refractivity contribution in [3.63, 3.8) is 0 Å². The van der Waals surface area contributed by atoms with Gasteiger partial charge in [-0.2, -0.15) is 0 Å². The summed E-state index contributed by atoms with van der Waals surface area (Å²) in [7, 11) is 0. The third-order valence-electron chi connectivity index (χ3n) is 1.17. The highest BCUT2D eigenvalue weighted by molar-refractivity contribution is 4.91. The molecule has 0 aliphatic carbocycles. The molecule has 50 valence electrons. The lowest BCUT2D eigenvalue weighted by Crippen LogP contribution is -2.09. The van der Waals surface area contributed by atoms with E-state index in [-0.39, 0.29) is 6.10 Å². The number of hydrogen-bond acceptors (Lipinski definition) is 2. The third kappa shape index (κ3) is 2.50. The number of terminal acetylenes is 1. The predicted molar refractivity (Wildman–Crippen MR) is 34.0 cm³/mol. The van der Waals surface area contributed by atoms with Crippen molar-refractivity contribution < 1.29 is 9.47 Å². The van der Waals surface area contributed by atoms with Gasteiger partial charge in [0.15, 0.2) is 0 Å². The van der Waals surface area contributed by atoms with E-state index in [9.17, 15) is 0 Å². The summed E-state index contributed by atoms with van der Waals surface area (Å²) < 4.78 is 10.1. The molecule has 0 saturated carbocycles. The summed E-state index contributed by atoms with van der Waals surface area (Å²) in [6.45, 7) is 3.32. The number of ether oxygens (including phenoxy) is 2.